The zero-order chi connectivity index (χ0) is 17.6. The van der Waals surface area contributed by atoms with Gasteiger partial charge in [0.15, 0.2) is 0 Å². The predicted octanol–water partition coefficient (Wildman–Crippen LogP) is 2.35. The maximum Gasteiger partial charge on any atom is 0.274 e. The van der Waals surface area contributed by atoms with Crippen molar-refractivity contribution in [2.24, 2.45) is 0 Å². The highest BCUT2D eigenvalue weighted by atomic mass is 16.1. The summed E-state index contributed by atoms with van der Waals surface area (Å²) in [6, 6.07) is 12.8. The van der Waals surface area contributed by atoms with Gasteiger partial charge in [-0.1, -0.05) is 19.1 Å². The standard InChI is InChI=1S/C19H21N5O/c1-2-23-9-11-24(12-10-23)16-7-8-21-18(13-16)19(25)22-17-6-4-3-5-15(17)14-20/h3-8,13H,2,9-12H2,1H3,(H,22,25). The van der Waals surface area contributed by atoms with Crippen molar-refractivity contribution in [3.05, 3.63) is 53.9 Å². The second-order valence-electron chi connectivity index (χ2n) is 5.93. The number of hydrogen-bond acceptors (Lipinski definition) is 5. The van der Waals surface area contributed by atoms with Crippen LogP contribution in [0.2, 0.25) is 0 Å². The van der Waals surface area contributed by atoms with Crippen LogP contribution in [0.15, 0.2) is 42.6 Å². The Kier molecular flexibility index (Phi) is 5.26. The average molecular weight is 335 g/mol. The summed E-state index contributed by atoms with van der Waals surface area (Å²) in [6.07, 6.45) is 1.66. The number of piperazine rings is 1. The molecule has 0 radical (unpaired) electrons. The van der Waals surface area contributed by atoms with E-state index in [0.29, 0.717) is 16.9 Å². The maximum atomic E-state index is 12.5. The summed E-state index contributed by atoms with van der Waals surface area (Å²) >= 11 is 0. The fourth-order valence-electron chi connectivity index (χ4n) is 2.94. The molecule has 2 aromatic rings. The topological polar surface area (TPSA) is 72.3 Å². The van der Waals surface area contributed by atoms with Crippen LogP contribution in [0.5, 0.6) is 0 Å². The first kappa shape index (κ1) is 16.9. The summed E-state index contributed by atoms with van der Waals surface area (Å²) in [5.41, 5.74) is 2.29. The maximum absolute atomic E-state index is 12.5. The number of likely N-dealkylation sites (N-methyl/N-ethyl adjacent to an activating group) is 1. The van der Waals surface area contributed by atoms with Crippen LogP contribution < -0.4 is 10.2 Å². The molecule has 25 heavy (non-hydrogen) atoms. The molecule has 0 unspecified atom stereocenters. The monoisotopic (exact) mass is 335 g/mol. The number of carbonyl (C=O) groups is 1. The Morgan fingerprint density at radius 1 is 1.24 bits per heavy atom. The van der Waals surface area contributed by atoms with Crippen LogP contribution in [0.4, 0.5) is 11.4 Å². The number of nitriles is 1. The molecule has 6 heteroatoms. The molecule has 0 saturated carbocycles. The quantitative estimate of drug-likeness (QED) is 0.928. The molecule has 1 amide bonds. The predicted molar refractivity (Wildman–Crippen MR) is 97.7 cm³/mol. The molecule has 1 aromatic carbocycles. The van der Waals surface area contributed by atoms with Crippen LogP contribution in [0, 0.1) is 11.3 Å². The van der Waals surface area contributed by atoms with Crippen LogP contribution in [0.3, 0.4) is 0 Å². The number of amides is 1. The third kappa shape index (κ3) is 3.95. The molecule has 3 rings (SSSR count). The Morgan fingerprint density at radius 2 is 2.00 bits per heavy atom. The number of pyridine rings is 1. The minimum atomic E-state index is -0.309. The smallest absolute Gasteiger partial charge is 0.274 e. The molecule has 1 aliphatic heterocycles. The summed E-state index contributed by atoms with van der Waals surface area (Å²) in [6.45, 7) is 7.16. The number of aromatic nitrogens is 1. The van der Waals surface area contributed by atoms with Gasteiger partial charge in [0.05, 0.1) is 11.3 Å². The molecular weight excluding hydrogens is 314 g/mol. The van der Waals surface area contributed by atoms with Crippen LogP contribution in [0.25, 0.3) is 0 Å². The molecular formula is C19H21N5O. The first-order valence-corrected chi connectivity index (χ1v) is 8.45. The lowest BCUT2D eigenvalue weighted by Gasteiger charge is -2.35. The minimum absolute atomic E-state index is 0.309. The molecule has 1 aromatic heterocycles. The number of carbonyl (C=O) groups excluding carboxylic acids is 1. The van der Waals surface area contributed by atoms with E-state index in [1.807, 2.05) is 12.1 Å². The van der Waals surface area contributed by atoms with Crippen molar-refractivity contribution in [2.45, 2.75) is 6.92 Å². The van der Waals surface area contributed by atoms with E-state index in [4.69, 9.17) is 5.26 Å². The molecule has 0 aliphatic carbocycles. The zero-order valence-corrected chi connectivity index (χ0v) is 14.3. The molecule has 1 saturated heterocycles. The van der Waals surface area contributed by atoms with Crippen molar-refractivity contribution in [3.63, 3.8) is 0 Å². The third-order valence-corrected chi connectivity index (χ3v) is 4.46. The second-order valence-corrected chi connectivity index (χ2v) is 5.93. The summed E-state index contributed by atoms with van der Waals surface area (Å²) in [5.74, 6) is -0.309. The normalized spacial score (nSPS) is 14.8. The molecule has 0 atom stereocenters. The van der Waals surface area contributed by atoms with Gasteiger partial charge in [0, 0.05) is 38.1 Å². The number of nitrogens with one attached hydrogen (secondary N) is 1. The Labute approximate surface area is 147 Å². The largest absolute Gasteiger partial charge is 0.369 e. The van der Waals surface area contributed by atoms with E-state index in [0.717, 1.165) is 38.4 Å². The van der Waals surface area contributed by atoms with Gasteiger partial charge in [-0.3, -0.25) is 9.78 Å². The Balaban J connectivity index is 1.73. The first-order valence-electron chi connectivity index (χ1n) is 8.45. The molecule has 1 N–H and O–H groups in total. The number of nitrogens with zero attached hydrogens (tertiary/aromatic N) is 4. The highest BCUT2D eigenvalue weighted by Gasteiger charge is 2.17. The summed E-state index contributed by atoms with van der Waals surface area (Å²) in [5, 5.41) is 11.9. The van der Waals surface area contributed by atoms with E-state index in [1.165, 1.54) is 0 Å². The van der Waals surface area contributed by atoms with Crippen molar-refractivity contribution in [2.75, 3.05) is 42.9 Å². The highest BCUT2D eigenvalue weighted by molar-refractivity contribution is 6.04. The van der Waals surface area contributed by atoms with Gasteiger partial charge in [0.2, 0.25) is 0 Å². The van der Waals surface area contributed by atoms with Crippen molar-refractivity contribution in [1.82, 2.24) is 9.88 Å². The Hall–Kier alpha value is -2.91. The average Bonchev–Trinajstić information content (AvgIpc) is 2.68. The highest BCUT2D eigenvalue weighted by Crippen LogP contribution is 2.19. The molecule has 2 heterocycles. The van der Waals surface area contributed by atoms with Crippen LogP contribution >= 0.6 is 0 Å². The number of hydrogen-bond donors (Lipinski definition) is 1. The second kappa shape index (κ2) is 7.77. The summed E-state index contributed by atoms with van der Waals surface area (Å²) in [7, 11) is 0. The molecule has 1 aliphatic rings. The van der Waals surface area contributed by atoms with Gasteiger partial charge in [-0.2, -0.15) is 5.26 Å². The lowest BCUT2D eigenvalue weighted by atomic mass is 10.2. The van der Waals surface area contributed by atoms with Crippen molar-refractivity contribution >= 4 is 17.3 Å². The van der Waals surface area contributed by atoms with Gasteiger partial charge in [-0.25, -0.2) is 0 Å². The zero-order valence-electron chi connectivity index (χ0n) is 14.3. The van der Waals surface area contributed by atoms with Gasteiger partial charge in [0.25, 0.3) is 5.91 Å². The van der Waals surface area contributed by atoms with E-state index in [1.54, 1.807) is 30.5 Å². The number of rotatable bonds is 4. The Morgan fingerprint density at radius 3 is 2.72 bits per heavy atom. The summed E-state index contributed by atoms with van der Waals surface area (Å²) in [4.78, 5) is 21.4. The van der Waals surface area contributed by atoms with Gasteiger partial charge >= 0.3 is 0 Å². The van der Waals surface area contributed by atoms with Gasteiger partial charge in [0.1, 0.15) is 11.8 Å². The third-order valence-electron chi connectivity index (χ3n) is 4.46. The lowest BCUT2D eigenvalue weighted by molar-refractivity contribution is 0.102. The van der Waals surface area contributed by atoms with Crippen LogP contribution in [-0.4, -0.2) is 48.5 Å². The molecule has 6 nitrogen and oxygen atoms in total. The molecule has 0 spiro atoms. The van der Waals surface area contributed by atoms with E-state index in [2.05, 4.69) is 33.1 Å². The summed E-state index contributed by atoms with van der Waals surface area (Å²) < 4.78 is 0. The molecule has 0 bridgehead atoms. The Bertz CT molecular complexity index is 790. The first-order chi connectivity index (χ1) is 12.2. The van der Waals surface area contributed by atoms with Gasteiger partial charge in [-0.05, 0) is 30.8 Å². The van der Waals surface area contributed by atoms with E-state index >= 15 is 0 Å². The molecule has 128 valence electrons. The van der Waals surface area contributed by atoms with Crippen LogP contribution in [0.1, 0.15) is 23.0 Å². The van der Waals surface area contributed by atoms with Gasteiger partial charge in [-0.15, -0.1) is 0 Å². The number of para-hydroxylation sites is 1. The fraction of sp³-hybridized carbons (Fsp3) is 0.316. The van der Waals surface area contributed by atoms with Crippen LogP contribution in [-0.2, 0) is 0 Å². The SMILES string of the molecule is CCN1CCN(c2ccnc(C(=O)Nc3ccccc3C#N)c2)CC1. The molecule has 1 fully saturated rings. The number of anilines is 2. The fourth-order valence-corrected chi connectivity index (χ4v) is 2.94. The van der Waals surface area contributed by atoms with Crippen molar-refractivity contribution < 1.29 is 4.79 Å². The van der Waals surface area contributed by atoms with E-state index in [9.17, 15) is 4.79 Å². The van der Waals surface area contributed by atoms with Crippen molar-refractivity contribution in [3.8, 4) is 6.07 Å². The van der Waals surface area contributed by atoms with E-state index in [-0.39, 0.29) is 5.91 Å². The lowest BCUT2D eigenvalue weighted by Crippen LogP contribution is -2.46. The van der Waals surface area contributed by atoms with Gasteiger partial charge < -0.3 is 15.1 Å². The minimum Gasteiger partial charge on any atom is -0.369 e. The van der Waals surface area contributed by atoms with E-state index < -0.39 is 0 Å². The van der Waals surface area contributed by atoms with Crippen molar-refractivity contribution in [1.29, 1.82) is 5.26 Å². The number of benzene rings is 1.